The molecular formula is C23H24N6O4S. The van der Waals surface area contributed by atoms with E-state index in [9.17, 15) is 14.4 Å². The molecule has 10 nitrogen and oxygen atoms in total. The smallest absolute Gasteiger partial charge is 0.286 e. The van der Waals surface area contributed by atoms with Gasteiger partial charge in [-0.3, -0.25) is 19.4 Å². The Morgan fingerprint density at radius 1 is 1.15 bits per heavy atom. The first kappa shape index (κ1) is 23.3. The average Bonchev–Trinajstić information content (AvgIpc) is 3.38. The predicted molar refractivity (Wildman–Crippen MR) is 126 cm³/mol. The van der Waals surface area contributed by atoms with Gasteiger partial charge in [0.1, 0.15) is 5.75 Å². The number of nitrogens with one attached hydrogen (secondary N) is 2. The van der Waals surface area contributed by atoms with E-state index in [1.807, 2.05) is 12.1 Å². The maximum Gasteiger partial charge on any atom is 0.286 e. The number of methoxy groups -OCH3 is 1. The van der Waals surface area contributed by atoms with Crippen molar-refractivity contribution in [2.24, 2.45) is 5.92 Å². The van der Waals surface area contributed by atoms with E-state index < -0.39 is 5.91 Å². The summed E-state index contributed by atoms with van der Waals surface area (Å²) in [4.78, 5) is 43.7. The molecule has 3 heterocycles. The first-order valence-corrected chi connectivity index (χ1v) is 11.6. The monoisotopic (exact) mass is 480 g/mol. The van der Waals surface area contributed by atoms with Gasteiger partial charge in [0.25, 0.3) is 11.8 Å². The van der Waals surface area contributed by atoms with Gasteiger partial charge in [0.2, 0.25) is 15.9 Å². The number of piperidine rings is 1. The largest absolute Gasteiger partial charge is 0.497 e. The minimum absolute atomic E-state index is 0.0851. The van der Waals surface area contributed by atoms with Crippen molar-refractivity contribution in [1.29, 1.82) is 0 Å². The number of ether oxygens (including phenoxy) is 1. The molecule has 1 fully saturated rings. The van der Waals surface area contributed by atoms with Gasteiger partial charge in [0.05, 0.1) is 13.0 Å². The van der Waals surface area contributed by atoms with Gasteiger partial charge in [-0.1, -0.05) is 17.4 Å². The molecule has 2 aromatic heterocycles. The van der Waals surface area contributed by atoms with Gasteiger partial charge in [-0.25, -0.2) is 0 Å². The fraction of sp³-hybridized carbons (Fsp3) is 0.304. The predicted octanol–water partition coefficient (Wildman–Crippen LogP) is 2.36. The summed E-state index contributed by atoms with van der Waals surface area (Å²) in [6, 6.07) is 10.6. The quantitative estimate of drug-likeness (QED) is 0.532. The second-order valence-corrected chi connectivity index (χ2v) is 8.74. The van der Waals surface area contributed by atoms with Crippen molar-refractivity contribution in [3.63, 3.8) is 0 Å². The standard InChI is InChI=1S/C23H24N6O4S/c1-33-18-8-6-17(7-9-18)26-20(31)21-27-28-22(34-21)23(32)29-11-3-5-16(14-29)19(30)25-13-15-4-2-10-24-12-15/h2,4,6-10,12,16H,3,5,11,13-14H2,1H3,(H,25,30)(H,26,31)/t16-/m1/s1. The van der Waals surface area contributed by atoms with Crippen molar-refractivity contribution in [3.8, 4) is 5.75 Å². The van der Waals surface area contributed by atoms with E-state index in [1.54, 1.807) is 48.7 Å². The molecule has 3 aromatic rings. The van der Waals surface area contributed by atoms with Crippen LogP contribution in [0, 0.1) is 5.92 Å². The van der Waals surface area contributed by atoms with Crippen LogP contribution in [-0.4, -0.2) is 58.0 Å². The molecule has 0 unspecified atom stereocenters. The highest BCUT2D eigenvalue weighted by Crippen LogP contribution is 2.22. The zero-order valence-electron chi connectivity index (χ0n) is 18.6. The Labute approximate surface area is 200 Å². The number of nitrogens with zero attached hydrogens (tertiary/aromatic N) is 4. The molecule has 0 saturated carbocycles. The lowest BCUT2D eigenvalue weighted by atomic mass is 9.97. The lowest BCUT2D eigenvalue weighted by molar-refractivity contribution is -0.126. The van der Waals surface area contributed by atoms with Crippen molar-refractivity contribution >= 4 is 34.7 Å². The number of anilines is 1. The van der Waals surface area contributed by atoms with Crippen LogP contribution >= 0.6 is 11.3 Å². The van der Waals surface area contributed by atoms with Crippen molar-refractivity contribution < 1.29 is 19.1 Å². The molecule has 1 aliphatic heterocycles. The molecule has 0 spiro atoms. The summed E-state index contributed by atoms with van der Waals surface area (Å²) in [6.07, 6.45) is 4.79. The van der Waals surface area contributed by atoms with E-state index in [0.29, 0.717) is 43.9 Å². The number of hydrogen-bond donors (Lipinski definition) is 2. The van der Waals surface area contributed by atoms with Crippen molar-refractivity contribution in [3.05, 3.63) is 64.4 Å². The van der Waals surface area contributed by atoms with Gasteiger partial charge in [0.15, 0.2) is 0 Å². The third kappa shape index (κ3) is 5.73. The normalized spacial score (nSPS) is 15.4. The fourth-order valence-electron chi connectivity index (χ4n) is 3.61. The number of amides is 3. The van der Waals surface area contributed by atoms with E-state index in [-0.39, 0.29) is 27.7 Å². The minimum Gasteiger partial charge on any atom is -0.497 e. The fourth-order valence-corrected chi connectivity index (χ4v) is 4.31. The van der Waals surface area contributed by atoms with Crippen molar-refractivity contribution in [2.75, 3.05) is 25.5 Å². The Bertz CT molecular complexity index is 1150. The molecular weight excluding hydrogens is 456 g/mol. The Kier molecular flexibility index (Phi) is 7.43. The second-order valence-electron chi connectivity index (χ2n) is 7.76. The van der Waals surface area contributed by atoms with Crippen LogP contribution in [0.2, 0.25) is 0 Å². The molecule has 0 radical (unpaired) electrons. The number of likely N-dealkylation sites (tertiary alicyclic amines) is 1. The van der Waals surface area contributed by atoms with Crippen molar-refractivity contribution in [2.45, 2.75) is 19.4 Å². The minimum atomic E-state index is -0.451. The number of benzene rings is 1. The van der Waals surface area contributed by atoms with Gasteiger partial charge in [0, 0.05) is 37.7 Å². The van der Waals surface area contributed by atoms with Crippen LogP contribution < -0.4 is 15.4 Å². The van der Waals surface area contributed by atoms with E-state index >= 15 is 0 Å². The Balaban J connectivity index is 1.33. The van der Waals surface area contributed by atoms with Crippen LogP contribution in [0.5, 0.6) is 5.75 Å². The molecule has 176 valence electrons. The Morgan fingerprint density at radius 2 is 1.94 bits per heavy atom. The molecule has 1 saturated heterocycles. The van der Waals surface area contributed by atoms with E-state index in [4.69, 9.17) is 4.74 Å². The molecule has 1 atom stereocenters. The van der Waals surface area contributed by atoms with E-state index in [2.05, 4.69) is 25.8 Å². The molecule has 2 N–H and O–H groups in total. The van der Waals surface area contributed by atoms with Crippen molar-refractivity contribution in [1.82, 2.24) is 25.4 Å². The van der Waals surface area contributed by atoms with Gasteiger partial charge < -0.3 is 20.3 Å². The van der Waals surface area contributed by atoms with Crippen LogP contribution in [0.15, 0.2) is 48.8 Å². The summed E-state index contributed by atoms with van der Waals surface area (Å²) in [5.74, 6) is -0.510. The molecule has 0 aliphatic carbocycles. The zero-order chi connectivity index (χ0) is 23.9. The highest BCUT2D eigenvalue weighted by atomic mass is 32.1. The van der Waals surface area contributed by atoms with Crippen LogP contribution in [-0.2, 0) is 11.3 Å². The highest BCUT2D eigenvalue weighted by molar-refractivity contribution is 7.15. The Hall–Kier alpha value is -3.86. The van der Waals surface area contributed by atoms with Crippen LogP contribution in [0.25, 0.3) is 0 Å². The lowest BCUT2D eigenvalue weighted by Gasteiger charge is -2.31. The zero-order valence-corrected chi connectivity index (χ0v) is 19.4. The highest BCUT2D eigenvalue weighted by Gasteiger charge is 2.30. The number of rotatable bonds is 7. The third-order valence-electron chi connectivity index (χ3n) is 5.42. The molecule has 1 aliphatic rings. The molecule has 11 heteroatoms. The molecule has 4 rings (SSSR count). The van der Waals surface area contributed by atoms with Gasteiger partial charge in [-0.05, 0) is 48.7 Å². The molecule has 0 bridgehead atoms. The first-order chi connectivity index (χ1) is 16.5. The summed E-state index contributed by atoms with van der Waals surface area (Å²) in [5.41, 5.74) is 1.49. The third-order valence-corrected chi connectivity index (χ3v) is 6.33. The van der Waals surface area contributed by atoms with Crippen LogP contribution in [0.1, 0.15) is 38.0 Å². The maximum atomic E-state index is 13.0. The van der Waals surface area contributed by atoms with E-state index in [1.165, 1.54) is 0 Å². The number of aromatic nitrogens is 3. The summed E-state index contributed by atoms with van der Waals surface area (Å²) in [6.45, 7) is 1.21. The summed E-state index contributed by atoms with van der Waals surface area (Å²) < 4.78 is 5.10. The number of hydrogen-bond acceptors (Lipinski definition) is 8. The SMILES string of the molecule is COc1ccc(NC(=O)c2nnc(C(=O)N3CCC[C@@H](C(=O)NCc4cccnc4)C3)s2)cc1. The summed E-state index contributed by atoms with van der Waals surface area (Å²) >= 11 is 0.929. The lowest BCUT2D eigenvalue weighted by Crippen LogP contribution is -2.45. The average molecular weight is 481 g/mol. The number of carbonyl (C=O) groups excluding carboxylic acids is 3. The van der Waals surface area contributed by atoms with Gasteiger partial charge >= 0.3 is 0 Å². The van der Waals surface area contributed by atoms with E-state index in [0.717, 1.165) is 16.9 Å². The second kappa shape index (κ2) is 10.8. The van der Waals surface area contributed by atoms with Crippen LogP contribution in [0.3, 0.4) is 0 Å². The summed E-state index contributed by atoms with van der Waals surface area (Å²) in [7, 11) is 1.56. The molecule has 3 amide bonds. The number of carbonyl (C=O) groups is 3. The number of pyridine rings is 1. The first-order valence-electron chi connectivity index (χ1n) is 10.8. The van der Waals surface area contributed by atoms with Gasteiger partial charge in [-0.2, -0.15) is 0 Å². The van der Waals surface area contributed by atoms with Gasteiger partial charge in [-0.15, -0.1) is 10.2 Å². The maximum absolute atomic E-state index is 13.0. The molecule has 34 heavy (non-hydrogen) atoms. The topological polar surface area (TPSA) is 126 Å². The molecule has 1 aromatic carbocycles. The Morgan fingerprint density at radius 3 is 2.68 bits per heavy atom. The van der Waals surface area contributed by atoms with Crippen LogP contribution in [0.4, 0.5) is 5.69 Å². The summed E-state index contributed by atoms with van der Waals surface area (Å²) in [5, 5.41) is 13.6.